The topological polar surface area (TPSA) is 32.5 Å². The Balaban J connectivity index is 2.09. The molecule has 0 radical (unpaired) electrons. The zero-order valence-electron chi connectivity index (χ0n) is 12.6. The van der Waals surface area contributed by atoms with E-state index < -0.39 is 0 Å². The van der Waals surface area contributed by atoms with E-state index in [1.807, 2.05) is 12.1 Å². The van der Waals surface area contributed by atoms with E-state index in [0.717, 1.165) is 31.1 Å². The maximum Gasteiger partial charge on any atom is 0.0406 e. The SMILES string of the molecule is CN1CCCN(C(C)(CN)Cc2ccc(Cl)cc2)CC1. The summed E-state index contributed by atoms with van der Waals surface area (Å²) in [7, 11) is 2.20. The molecule has 0 spiro atoms. The predicted octanol–water partition coefficient (Wildman–Crippen LogP) is 2.24. The molecule has 1 aliphatic rings. The van der Waals surface area contributed by atoms with Crippen molar-refractivity contribution in [3.63, 3.8) is 0 Å². The Morgan fingerprint density at radius 1 is 1.15 bits per heavy atom. The van der Waals surface area contributed by atoms with Crippen LogP contribution in [0.2, 0.25) is 5.02 Å². The van der Waals surface area contributed by atoms with Crippen LogP contribution in [0.3, 0.4) is 0 Å². The highest BCUT2D eigenvalue weighted by molar-refractivity contribution is 6.30. The first-order valence-electron chi connectivity index (χ1n) is 7.41. The summed E-state index contributed by atoms with van der Waals surface area (Å²) in [6, 6.07) is 8.15. The normalized spacial score (nSPS) is 21.4. The summed E-state index contributed by atoms with van der Waals surface area (Å²) >= 11 is 5.96. The van der Waals surface area contributed by atoms with Gasteiger partial charge >= 0.3 is 0 Å². The van der Waals surface area contributed by atoms with E-state index in [-0.39, 0.29) is 5.54 Å². The Hall–Kier alpha value is -0.610. The summed E-state index contributed by atoms with van der Waals surface area (Å²) in [6.45, 7) is 7.49. The third-order valence-electron chi connectivity index (χ3n) is 4.42. The first kappa shape index (κ1) is 15.8. The largest absolute Gasteiger partial charge is 0.329 e. The average Bonchev–Trinajstić information content (AvgIpc) is 2.66. The van der Waals surface area contributed by atoms with Crippen molar-refractivity contribution >= 4 is 11.6 Å². The van der Waals surface area contributed by atoms with Crippen LogP contribution in [0.1, 0.15) is 18.9 Å². The van der Waals surface area contributed by atoms with Crippen molar-refractivity contribution in [2.45, 2.75) is 25.3 Å². The molecule has 4 heteroatoms. The lowest BCUT2D eigenvalue weighted by molar-refractivity contribution is 0.115. The number of benzene rings is 1. The first-order chi connectivity index (χ1) is 9.53. The molecule has 2 rings (SSSR count). The second kappa shape index (κ2) is 6.90. The molecule has 1 saturated heterocycles. The van der Waals surface area contributed by atoms with Gasteiger partial charge in [-0.1, -0.05) is 23.7 Å². The van der Waals surface area contributed by atoms with Gasteiger partial charge in [-0.3, -0.25) is 4.90 Å². The minimum atomic E-state index is 0.0268. The standard InChI is InChI=1S/C16H26ClN3/c1-16(13-18,12-14-4-6-15(17)7-5-14)20-9-3-8-19(2)10-11-20/h4-7H,3,8-13,18H2,1-2H3. The van der Waals surface area contributed by atoms with Crippen LogP contribution in [0.15, 0.2) is 24.3 Å². The molecule has 0 saturated carbocycles. The van der Waals surface area contributed by atoms with Crippen molar-refractivity contribution < 1.29 is 0 Å². The third kappa shape index (κ3) is 3.95. The zero-order valence-corrected chi connectivity index (χ0v) is 13.4. The quantitative estimate of drug-likeness (QED) is 0.925. The lowest BCUT2D eigenvalue weighted by atomic mass is 9.90. The van der Waals surface area contributed by atoms with E-state index >= 15 is 0 Å². The lowest BCUT2D eigenvalue weighted by Crippen LogP contribution is -2.54. The van der Waals surface area contributed by atoms with Crippen LogP contribution in [0.25, 0.3) is 0 Å². The molecule has 0 amide bonds. The van der Waals surface area contributed by atoms with E-state index in [1.165, 1.54) is 18.5 Å². The highest BCUT2D eigenvalue weighted by atomic mass is 35.5. The van der Waals surface area contributed by atoms with Gasteiger partial charge in [0.05, 0.1) is 0 Å². The molecule has 1 fully saturated rings. The molecular weight excluding hydrogens is 270 g/mol. The number of hydrogen-bond donors (Lipinski definition) is 1. The fraction of sp³-hybridized carbons (Fsp3) is 0.625. The Morgan fingerprint density at radius 3 is 2.50 bits per heavy atom. The van der Waals surface area contributed by atoms with Gasteiger partial charge in [-0.15, -0.1) is 0 Å². The fourth-order valence-electron chi connectivity index (χ4n) is 2.94. The van der Waals surface area contributed by atoms with E-state index in [1.54, 1.807) is 0 Å². The fourth-order valence-corrected chi connectivity index (χ4v) is 3.07. The van der Waals surface area contributed by atoms with Gasteiger partial charge < -0.3 is 10.6 Å². The van der Waals surface area contributed by atoms with Crippen molar-refractivity contribution in [3.8, 4) is 0 Å². The number of likely N-dealkylation sites (N-methyl/N-ethyl adjacent to an activating group) is 1. The van der Waals surface area contributed by atoms with Gasteiger partial charge in [-0.2, -0.15) is 0 Å². The van der Waals surface area contributed by atoms with Crippen LogP contribution < -0.4 is 5.73 Å². The Morgan fingerprint density at radius 2 is 1.85 bits per heavy atom. The molecule has 1 aromatic carbocycles. The van der Waals surface area contributed by atoms with Crippen molar-refractivity contribution in [3.05, 3.63) is 34.9 Å². The highest BCUT2D eigenvalue weighted by Gasteiger charge is 2.31. The van der Waals surface area contributed by atoms with Crippen molar-refractivity contribution in [2.24, 2.45) is 5.73 Å². The van der Waals surface area contributed by atoms with E-state index in [2.05, 4.69) is 35.9 Å². The second-order valence-electron chi connectivity index (χ2n) is 6.15. The van der Waals surface area contributed by atoms with Gasteiger partial charge in [0.2, 0.25) is 0 Å². The van der Waals surface area contributed by atoms with Gasteiger partial charge in [0.25, 0.3) is 0 Å². The average molecular weight is 296 g/mol. The number of nitrogens with zero attached hydrogens (tertiary/aromatic N) is 2. The minimum absolute atomic E-state index is 0.0268. The molecule has 2 N–H and O–H groups in total. The molecule has 0 aliphatic carbocycles. The summed E-state index contributed by atoms with van der Waals surface area (Å²) in [5.41, 5.74) is 7.45. The molecule has 1 unspecified atom stereocenters. The molecule has 1 aliphatic heterocycles. The Labute approximate surface area is 127 Å². The second-order valence-corrected chi connectivity index (χ2v) is 6.58. The van der Waals surface area contributed by atoms with Crippen LogP contribution in [0.5, 0.6) is 0 Å². The van der Waals surface area contributed by atoms with Gasteiger partial charge in [0.1, 0.15) is 0 Å². The van der Waals surface area contributed by atoms with E-state index in [9.17, 15) is 0 Å². The highest BCUT2D eigenvalue weighted by Crippen LogP contribution is 2.22. The van der Waals surface area contributed by atoms with Gasteiger partial charge in [0, 0.05) is 36.7 Å². The van der Waals surface area contributed by atoms with Crippen molar-refractivity contribution in [2.75, 3.05) is 39.8 Å². The molecule has 0 bridgehead atoms. The van der Waals surface area contributed by atoms with Crippen LogP contribution in [-0.4, -0.2) is 55.1 Å². The van der Waals surface area contributed by atoms with Crippen molar-refractivity contribution in [1.82, 2.24) is 9.80 Å². The van der Waals surface area contributed by atoms with Gasteiger partial charge in [-0.25, -0.2) is 0 Å². The smallest absolute Gasteiger partial charge is 0.0406 e. The molecule has 1 aromatic rings. The summed E-state index contributed by atoms with van der Waals surface area (Å²) in [4.78, 5) is 4.96. The summed E-state index contributed by atoms with van der Waals surface area (Å²) in [5.74, 6) is 0. The summed E-state index contributed by atoms with van der Waals surface area (Å²) < 4.78 is 0. The van der Waals surface area contributed by atoms with E-state index in [4.69, 9.17) is 17.3 Å². The van der Waals surface area contributed by atoms with Crippen LogP contribution >= 0.6 is 11.6 Å². The zero-order chi connectivity index (χ0) is 14.6. The number of hydrogen-bond acceptors (Lipinski definition) is 3. The molecule has 1 heterocycles. The van der Waals surface area contributed by atoms with Crippen LogP contribution in [0.4, 0.5) is 0 Å². The molecular formula is C16H26ClN3. The lowest BCUT2D eigenvalue weighted by Gasteiger charge is -2.40. The number of nitrogens with two attached hydrogens (primary N) is 1. The van der Waals surface area contributed by atoms with Crippen LogP contribution in [0, 0.1) is 0 Å². The van der Waals surface area contributed by atoms with Crippen LogP contribution in [-0.2, 0) is 6.42 Å². The molecule has 1 atom stereocenters. The minimum Gasteiger partial charge on any atom is -0.329 e. The molecule has 3 nitrogen and oxygen atoms in total. The summed E-state index contributed by atoms with van der Waals surface area (Å²) in [6.07, 6.45) is 2.19. The molecule has 0 aromatic heterocycles. The van der Waals surface area contributed by atoms with Gasteiger partial charge in [0.15, 0.2) is 0 Å². The van der Waals surface area contributed by atoms with Gasteiger partial charge in [-0.05, 0) is 51.1 Å². The third-order valence-corrected chi connectivity index (χ3v) is 4.67. The maximum absolute atomic E-state index is 6.12. The summed E-state index contributed by atoms with van der Waals surface area (Å²) in [5, 5.41) is 0.791. The monoisotopic (exact) mass is 295 g/mol. The molecule has 20 heavy (non-hydrogen) atoms. The maximum atomic E-state index is 6.12. The number of halogens is 1. The van der Waals surface area contributed by atoms with Crippen molar-refractivity contribution in [1.29, 1.82) is 0 Å². The Kier molecular flexibility index (Phi) is 5.44. The number of rotatable bonds is 4. The van der Waals surface area contributed by atoms with E-state index in [0.29, 0.717) is 6.54 Å². The molecule has 112 valence electrons. The predicted molar refractivity (Wildman–Crippen MR) is 86.3 cm³/mol. The Bertz CT molecular complexity index is 420. The first-order valence-corrected chi connectivity index (χ1v) is 7.79.